The molecule has 1 aliphatic rings. The third-order valence-electron chi connectivity index (χ3n) is 2.96. The van der Waals surface area contributed by atoms with Crippen LogP contribution in [0.15, 0.2) is 10.6 Å². The first-order chi connectivity index (χ1) is 8.56. The maximum absolute atomic E-state index is 12.0. The van der Waals surface area contributed by atoms with Gasteiger partial charge in [0.2, 0.25) is 0 Å². The topological polar surface area (TPSA) is 95.7 Å². The van der Waals surface area contributed by atoms with Crippen molar-refractivity contribution >= 4 is 12.0 Å². The number of amides is 2. The molecule has 0 atom stereocenters. The Balaban J connectivity index is 1.90. The maximum Gasteiger partial charge on any atom is 0.404 e. The average Bonchev–Trinajstić information content (AvgIpc) is 2.75. The summed E-state index contributed by atoms with van der Waals surface area (Å²) in [6.07, 6.45) is 0.218. The van der Waals surface area contributed by atoms with Crippen LogP contribution in [-0.4, -0.2) is 46.3 Å². The van der Waals surface area contributed by atoms with E-state index in [1.165, 1.54) is 0 Å². The van der Waals surface area contributed by atoms with Crippen molar-refractivity contribution in [3.63, 3.8) is 0 Å². The van der Waals surface area contributed by atoms with Crippen molar-refractivity contribution in [2.24, 2.45) is 0 Å². The Bertz CT molecular complexity index is 449. The first-order valence-electron chi connectivity index (χ1n) is 5.78. The van der Waals surface area contributed by atoms with E-state index in [9.17, 15) is 9.59 Å². The van der Waals surface area contributed by atoms with Gasteiger partial charge in [0.05, 0.1) is 0 Å². The van der Waals surface area contributed by atoms with Crippen molar-refractivity contribution in [1.82, 2.24) is 15.4 Å². The van der Waals surface area contributed by atoms with Crippen LogP contribution in [0.2, 0.25) is 0 Å². The third-order valence-corrected chi connectivity index (χ3v) is 2.96. The Kier molecular flexibility index (Phi) is 3.50. The summed E-state index contributed by atoms with van der Waals surface area (Å²) in [5.74, 6) is 0.432. The minimum absolute atomic E-state index is 0.0782. The lowest BCUT2D eigenvalue weighted by Crippen LogP contribution is -2.46. The molecule has 0 saturated carbocycles. The van der Waals surface area contributed by atoms with Crippen LogP contribution in [0, 0.1) is 6.92 Å². The van der Waals surface area contributed by atoms with E-state index in [-0.39, 0.29) is 11.9 Å². The van der Waals surface area contributed by atoms with Gasteiger partial charge in [0, 0.05) is 25.2 Å². The minimum atomic E-state index is -1.02. The van der Waals surface area contributed by atoms with Crippen molar-refractivity contribution in [2.75, 3.05) is 13.1 Å². The molecule has 0 unspecified atom stereocenters. The van der Waals surface area contributed by atoms with Crippen LogP contribution in [0.25, 0.3) is 0 Å². The Hall–Kier alpha value is -2.05. The van der Waals surface area contributed by atoms with Crippen LogP contribution in [-0.2, 0) is 0 Å². The molecular formula is C11H15N3O4. The molecule has 0 aliphatic carbocycles. The molecule has 0 radical (unpaired) electrons. The zero-order valence-electron chi connectivity index (χ0n) is 10.0. The lowest BCUT2D eigenvalue weighted by atomic mass is 10.0. The number of carbonyl (C=O) groups excluding carboxylic acids is 1. The van der Waals surface area contributed by atoms with Crippen molar-refractivity contribution < 1.29 is 19.2 Å². The summed E-state index contributed by atoms with van der Waals surface area (Å²) in [6, 6.07) is 1.52. The molecule has 0 spiro atoms. The Morgan fingerprint density at radius 2 is 2.17 bits per heavy atom. The maximum atomic E-state index is 12.0. The molecule has 1 aromatic rings. The van der Waals surface area contributed by atoms with E-state index in [0.29, 0.717) is 37.4 Å². The molecule has 1 aromatic heterocycles. The zero-order chi connectivity index (χ0) is 13.1. The van der Waals surface area contributed by atoms with Crippen LogP contribution >= 0.6 is 0 Å². The molecular weight excluding hydrogens is 238 g/mol. The van der Waals surface area contributed by atoms with E-state index in [4.69, 9.17) is 9.63 Å². The molecule has 98 valence electrons. The number of hydrogen-bond acceptors (Lipinski definition) is 4. The number of piperidine rings is 1. The molecule has 2 N–H and O–H groups in total. The van der Waals surface area contributed by atoms with Gasteiger partial charge in [-0.3, -0.25) is 4.79 Å². The number of nitrogens with zero attached hydrogens (tertiary/aromatic N) is 2. The molecule has 7 nitrogen and oxygen atoms in total. The number of aromatic nitrogens is 1. The van der Waals surface area contributed by atoms with Gasteiger partial charge >= 0.3 is 6.09 Å². The summed E-state index contributed by atoms with van der Waals surface area (Å²) < 4.78 is 4.86. The largest absolute Gasteiger partial charge is 0.465 e. The Morgan fingerprint density at radius 1 is 1.50 bits per heavy atom. The fourth-order valence-electron chi connectivity index (χ4n) is 2.03. The number of carbonyl (C=O) groups is 2. The molecule has 2 heterocycles. The van der Waals surface area contributed by atoms with Gasteiger partial charge in [-0.25, -0.2) is 4.79 Å². The predicted molar refractivity (Wildman–Crippen MR) is 61.3 cm³/mol. The van der Waals surface area contributed by atoms with Gasteiger partial charge in [-0.05, 0) is 19.8 Å². The van der Waals surface area contributed by atoms with Gasteiger partial charge < -0.3 is 19.8 Å². The second-order valence-electron chi connectivity index (χ2n) is 4.34. The number of likely N-dealkylation sites (tertiary alicyclic amines) is 1. The van der Waals surface area contributed by atoms with Crippen LogP contribution in [0.3, 0.4) is 0 Å². The molecule has 2 amide bonds. The van der Waals surface area contributed by atoms with E-state index in [2.05, 4.69) is 10.5 Å². The lowest BCUT2D eigenvalue weighted by molar-refractivity contribution is 0.0695. The number of carboxylic acid groups (broad SMARTS) is 1. The molecule has 0 bridgehead atoms. The highest BCUT2D eigenvalue weighted by molar-refractivity contribution is 5.92. The summed E-state index contributed by atoms with van der Waals surface area (Å²) in [7, 11) is 0. The van der Waals surface area contributed by atoms with Gasteiger partial charge in [-0.15, -0.1) is 0 Å². The van der Waals surface area contributed by atoms with Crippen molar-refractivity contribution in [2.45, 2.75) is 25.8 Å². The second-order valence-corrected chi connectivity index (χ2v) is 4.34. The monoisotopic (exact) mass is 253 g/mol. The number of nitrogens with one attached hydrogen (secondary N) is 1. The summed E-state index contributed by atoms with van der Waals surface area (Å²) in [6.45, 7) is 2.78. The smallest absolute Gasteiger partial charge is 0.404 e. The van der Waals surface area contributed by atoms with Gasteiger partial charge in [0.15, 0.2) is 5.69 Å². The number of hydrogen-bond donors (Lipinski definition) is 2. The van der Waals surface area contributed by atoms with Gasteiger partial charge in [0.1, 0.15) is 5.76 Å². The lowest BCUT2D eigenvalue weighted by Gasteiger charge is -2.31. The van der Waals surface area contributed by atoms with E-state index >= 15 is 0 Å². The fraction of sp³-hybridized carbons (Fsp3) is 0.545. The zero-order valence-corrected chi connectivity index (χ0v) is 10.0. The van der Waals surface area contributed by atoms with Gasteiger partial charge in [0.25, 0.3) is 5.91 Å². The molecule has 18 heavy (non-hydrogen) atoms. The Labute approximate surface area is 104 Å². The molecule has 0 aromatic carbocycles. The van der Waals surface area contributed by atoms with Gasteiger partial charge in [-0.2, -0.15) is 0 Å². The van der Waals surface area contributed by atoms with E-state index in [0.717, 1.165) is 0 Å². The van der Waals surface area contributed by atoms with Crippen LogP contribution < -0.4 is 5.32 Å². The highest BCUT2D eigenvalue weighted by atomic mass is 16.5. The van der Waals surface area contributed by atoms with Crippen molar-refractivity contribution in [3.8, 4) is 0 Å². The number of aryl methyl sites for hydroxylation is 1. The van der Waals surface area contributed by atoms with Crippen molar-refractivity contribution in [3.05, 3.63) is 17.5 Å². The third kappa shape index (κ3) is 2.79. The standard InChI is InChI=1S/C11H15N3O4/c1-7-6-9(13-18-7)10(15)14-4-2-8(3-5-14)12-11(16)17/h6,8,12H,2-5H2,1H3,(H,16,17). The predicted octanol–water partition coefficient (Wildman–Crippen LogP) is 0.855. The fourth-order valence-corrected chi connectivity index (χ4v) is 2.03. The van der Waals surface area contributed by atoms with E-state index in [1.54, 1.807) is 17.9 Å². The summed E-state index contributed by atoms with van der Waals surface area (Å²) in [5, 5.41) is 14.7. The number of rotatable bonds is 2. The van der Waals surface area contributed by atoms with E-state index in [1.807, 2.05) is 0 Å². The first-order valence-corrected chi connectivity index (χ1v) is 5.78. The highest BCUT2D eigenvalue weighted by Crippen LogP contribution is 2.14. The van der Waals surface area contributed by atoms with E-state index < -0.39 is 6.09 Å². The van der Waals surface area contributed by atoms with Gasteiger partial charge in [-0.1, -0.05) is 5.16 Å². The minimum Gasteiger partial charge on any atom is -0.465 e. The summed E-state index contributed by atoms with van der Waals surface area (Å²) in [4.78, 5) is 24.2. The molecule has 1 aliphatic heterocycles. The highest BCUT2D eigenvalue weighted by Gasteiger charge is 2.25. The molecule has 2 rings (SSSR count). The SMILES string of the molecule is Cc1cc(C(=O)N2CCC(NC(=O)O)CC2)no1. The van der Waals surface area contributed by atoms with Crippen LogP contribution in [0.1, 0.15) is 29.1 Å². The normalized spacial score (nSPS) is 16.6. The Morgan fingerprint density at radius 3 is 2.67 bits per heavy atom. The molecule has 7 heteroatoms. The molecule has 1 fully saturated rings. The van der Waals surface area contributed by atoms with Crippen LogP contribution in [0.5, 0.6) is 0 Å². The summed E-state index contributed by atoms with van der Waals surface area (Å²) >= 11 is 0. The second kappa shape index (κ2) is 5.07. The van der Waals surface area contributed by atoms with Crippen molar-refractivity contribution in [1.29, 1.82) is 0 Å². The molecule has 1 saturated heterocycles. The van der Waals surface area contributed by atoms with Crippen LogP contribution in [0.4, 0.5) is 4.79 Å². The average molecular weight is 253 g/mol. The quantitative estimate of drug-likeness (QED) is 0.814. The first kappa shape index (κ1) is 12.4. The summed E-state index contributed by atoms with van der Waals surface area (Å²) in [5.41, 5.74) is 0.303.